The van der Waals surface area contributed by atoms with E-state index in [0.717, 1.165) is 50.6 Å². The van der Waals surface area contributed by atoms with Crippen LogP contribution in [0.15, 0.2) is 48.5 Å². The van der Waals surface area contributed by atoms with Gasteiger partial charge in [0.05, 0.1) is 19.3 Å². The molecular formula is C37H51ClN4O6. The van der Waals surface area contributed by atoms with Gasteiger partial charge in [0, 0.05) is 44.8 Å². The van der Waals surface area contributed by atoms with Gasteiger partial charge in [-0.2, -0.15) is 0 Å². The van der Waals surface area contributed by atoms with Crippen molar-refractivity contribution in [3.63, 3.8) is 0 Å². The Balaban J connectivity index is 0.00000451. The summed E-state index contributed by atoms with van der Waals surface area (Å²) in [5.41, 5.74) is 0.923. The van der Waals surface area contributed by atoms with Crippen molar-refractivity contribution in [2.75, 3.05) is 45.9 Å². The van der Waals surface area contributed by atoms with Gasteiger partial charge in [0.1, 0.15) is 23.1 Å². The maximum atomic E-state index is 13.9. The highest BCUT2D eigenvalue weighted by Gasteiger charge is 2.55. The van der Waals surface area contributed by atoms with Crippen molar-refractivity contribution in [3.8, 4) is 11.5 Å². The number of benzene rings is 2. The standard InChI is InChI=1S/C37H50N4O6.ClH/c1-2-3-19-41-35(44)32(33(42)28-7-5-4-6-8-28)38-36(45)37(41)17-20-39(21-18-37)26-27-9-13-30(14-10-27)47-31-15-11-29(12-16-31)34(43)40-22-24-46-25-23-40;/h9-16,28,32-33,42H,2-8,17-26H2,1H3,(H,38,45);1H/t32-,33-;/m1./s1. The largest absolute Gasteiger partial charge is 0.457 e. The van der Waals surface area contributed by atoms with Gasteiger partial charge in [-0.15, -0.1) is 12.4 Å². The summed E-state index contributed by atoms with van der Waals surface area (Å²) in [6.07, 6.45) is 7.22. The number of likely N-dealkylation sites (tertiary alicyclic amines) is 1. The lowest BCUT2D eigenvalue weighted by atomic mass is 9.78. The Morgan fingerprint density at radius 2 is 1.58 bits per heavy atom. The lowest BCUT2D eigenvalue weighted by Gasteiger charge is -2.52. The summed E-state index contributed by atoms with van der Waals surface area (Å²) in [5, 5.41) is 14.2. The van der Waals surface area contributed by atoms with Crippen LogP contribution in [0.3, 0.4) is 0 Å². The summed E-state index contributed by atoms with van der Waals surface area (Å²) in [5.74, 6) is 1.24. The molecule has 3 aliphatic heterocycles. The normalized spacial score (nSPS) is 22.6. The van der Waals surface area contributed by atoms with Crippen LogP contribution >= 0.6 is 12.4 Å². The summed E-state index contributed by atoms with van der Waals surface area (Å²) in [6, 6.07) is 14.4. The number of halogens is 1. The molecule has 1 spiro atoms. The number of hydrogen-bond acceptors (Lipinski definition) is 7. The zero-order valence-electron chi connectivity index (χ0n) is 28.1. The van der Waals surface area contributed by atoms with E-state index in [1.165, 1.54) is 6.42 Å². The molecule has 3 heterocycles. The van der Waals surface area contributed by atoms with E-state index < -0.39 is 17.7 Å². The van der Waals surface area contributed by atoms with Gasteiger partial charge in [0.25, 0.3) is 5.91 Å². The zero-order valence-corrected chi connectivity index (χ0v) is 28.9. The average Bonchev–Trinajstić information content (AvgIpc) is 3.12. The lowest BCUT2D eigenvalue weighted by Crippen LogP contribution is -2.75. The van der Waals surface area contributed by atoms with E-state index in [4.69, 9.17) is 9.47 Å². The predicted octanol–water partition coefficient (Wildman–Crippen LogP) is 4.78. The average molecular weight is 683 g/mol. The van der Waals surface area contributed by atoms with Crippen LogP contribution in [0.1, 0.15) is 80.6 Å². The van der Waals surface area contributed by atoms with Gasteiger partial charge in [-0.25, -0.2) is 0 Å². The number of morpholine rings is 1. The smallest absolute Gasteiger partial charge is 0.254 e. The minimum atomic E-state index is -0.856. The number of piperazine rings is 1. The fraction of sp³-hybridized carbons (Fsp3) is 0.595. The molecule has 0 bridgehead atoms. The lowest BCUT2D eigenvalue weighted by molar-refractivity contribution is -0.166. The predicted molar refractivity (Wildman–Crippen MR) is 185 cm³/mol. The number of nitrogens with zero attached hydrogens (tertiary/aromatic N) is 3. The van der Waals surface area contributed by atoms with Crippen molar-refractivity contribution in [2.45, 2.75) is 88.9 Å². The van der Waals surface area contributed by atoms with E-state index in [1.54, 1.807) is 12.1 Å². The first-order valence-electron chi connectivity index (χ1n) is 17.6. The number of ether oxygens (including phenoxy) is 2. The maximum absolute atomic E-state index is 13.9. The molecule has 1 aliphatic carbocycles. The van der Waals surface area contributed by atoms with Gasteiger partial charge in [0.2, 0.25) is 11.8 Å². The Morgan fingerprint density at radius 1 is 0.958 bits per heavy atom. The van der Waals surface area contributed by atoms with Crippen LogP contribution in [0.5, 0.6) is 11.5 Å². The van der Waals surface area contributed by atoms with Gasteiger partial charge >= 0.3 is 0 Å². The molecule has 4 aliphatic rings. The first-order valence-corrected chi connectivity index (χ1v) is 17.6. The number of amides is 3. The molecule has 2 aromatic rings. The Hall–Kier alpha value is -3.18. The summed E-state index contributed by atoms with van der Waals surface area (Å²) in [7, 11) is 0. The monoisotopic (exact) mass is 682 g/mol. The minimum absolute atomic E-state index is 0. The first-order chi connectivity index (χ1) is 22.9. The van der Waals surface area contributed by atoms with Crippen molar-refractivity contribution in [3.05, 3.63) is 59.7 Å². The fourth-order valence-electron chi connectivity index (χ4n) is 7.71. The molecule has 0 radical (unpaired) electrons. The van der Waals surface area contributed by atoms with Crippen LogP contribution in [0.25, 0.3) is 0 Å². The third kappa shape index (κ3) is 7.99. The van der Waals surface area contributed by atoms with Gasteiger partial charge in [0.15, 0.2) is 0 Å². The first kappa shape index (κ1) is 36.1. The molecule has 0 unspecified atom stereocenters. The fourth-order valence-corrected chi connectivity index (χ4v) is 7.71. The molecule has 262 valence electrons. The summed E-state index contributed by atoms with van der Waals surface area (Å²) in [4.78, 5) is 46.4. The molecule has 48 heavy (non-hydrogen) atoms. The molecule has 4 fully saturated rings. The van der Waals surface area contributed by atoms with Crippen LogP contribution in [-0.4, -0.2) is 101 Å². The van der Waals surface area contributed by atoms with Gasteiger partial charge in [-0.3, -0.25) is 19.3 Å². The molecule has 11 heteroatoms. The highest BCUT2D eigenvalue weighted by atomic mass is 35.5. The Bertz CT molecular complexity index is 1370. The quantitative estimate of drug-likeness (QED) is 0.371. The second kappa shape index (κ2) is 16.5. The minimum Gasteiger partial charge on any atom is -0.457 e. The van der Waals surface area contributed by atoms with Crippen molar-refractivity contribution < 1.29 is 29.0 Å². The summed E-state index contributed by atoms with van der Waals surface area (Å²) < 4.78 is 11.4. The van der Waals surface area contributed by atoms with E-state index in [2.05, 4.69) is 29.3 Å². The molecule has 2 atom stereocenters. The number of rotatable bonds is 10. The molecule has 2 aromatic carbocycles. The molecule has 10 nitrogen and oxygen atoms in total. The number of aliphatic hydroxyl groups is 1. The number of unbranched alkanes of at least 4 members (excludes halogenated alkanes) is 1. The Morgan fingerprint density at radius 3 is 2.21 bits per heavy atom. The highest BCUT2D eigenvalue weighted by molar-refractivity contribution is 6.00. The summed E-state index contributed by atoms with van der Waals surface area (Å²) >= 11 is 0. The Labute approximate surface area is 290 Å². The topological polar surface area (TPSA) is 112 Å². The van der Waals surface area contributed by atoms with E-state index >= 15 is 0 Å². The number of piperidine rings is 1. The molecule has 6 rings (SSSR count). The second-order valence-corrected chi connectivity index (χ2v) is 13.7. The van der Waals surface area contributed by atoms with E-state index in [1.807, 2.05) is 34.1 Å². The number of hydrogen-bond donors (Lipinski definition) is 2. The van der Waals surface area contributed by atoms with Crippen molar-refractivity contribution in [1.82, 2.24) is 20.0 Å². The van der Waals surface area contributed by atoms with Crippen LogP contribution in [-0.2, 0) is 20.9 Å². The van der Waals surface area contributed by atoms with Gasteiger partial charge in [-0.1, -0.05) is 44.7 Å². The third-order valence-electron chi connectivity index (χ3n) is 10.6. The van der Waals surface area contributed by atoms with E-state index in [9.17, 15) is 19.5 Å². The molecule has 1 saturated carbocycles. The van der Waals surface area contributed by atoms with Crippen LogP contribution in [0.4, 0.5) is 0 Å². The highest BCUT2D eigenvalue weighted by Crippen LogP contribution is 2.36. The molecule has 0 aromatic heterocycles. The van der Waals surface area contributed by atoms with E-state index in [0.29, 0.717) is 75.8 Å². The van der Waals surface area contributed by atoms with Crippen molar-refractivity contribution in [2.24, 2.45) is 5.92 Å². The maximum Gasteiger partial charge on any atom is 0.254 e. The summed E-state index contributed by atoms with van der Waals surface area (Å²) in [6.45, 7) is 7.15. The molecule has 2 N–H and O–H groups in total. The molecule has 3 amide bonds. The van der Waals surface area contributed by atoms with E-state index in [-0.39, 0.29) is 36.0 Å². The number of nitrogens with one attached hydrogen (secondary N) is 1. The van der Waals surface area contributed by atoms with Crippen molar-refractivity contribution in [1.29, 1.82) is 0 Å². The molecule has 3 saturated heterocycles. The van der Waals surface area contributed by atoms with Gasteiger partial charge < -0.3 is 29.7 Å². The Kier molecular flexibility index (Phi) is 12.4. The number of carbonyl (C=O) groups is 3. The second-order valence-electron chi connectivity index (χ2n) is 13.7. The van der Waals surface area contributed by atoms with Gasteiger partial charge in [-0.05, 0) is 80.0 Å². The van der Waals surface area contributed by atoms with Crippen LogP contribution in [0.2, 0.25) is 0 Å². The van der Waals surface area contributed by atoms with Crippen LogP contribution < -0.4 is 10.1 Å². The zero-order chi connectivity index (χ0) is 32.8. The third-order valence-corrected chi connectivity index (χ3v) is 10.6. The number of aliphatic hydroxyl groups excluding tert-OH is 1. The van der Waals surface area contributed by atoms with Crippen molar-refractivity contribution >= 4 is 30.1 Å². The SMILES string of the molecule is CCCCN1C(=O)[C@@H]([C@H](O)C2CCCCC2)NC(=O)C12CCN(Cc1ccc(Oc3ccc(C(=O)N4CCOCC4)cc3)cc1)CC2.Cl. The number of carbonyl (C=O) groups excluding carboxylic acids is 3. The molecular weight excluding hydrogens is 632 g/mol. The van der Waals surface area contributed by atoms with Crippen LogP contribution in [0, 0.1) is 5.92 Å².